The molecular formula is C20H26N4O4. The summed E-state index contributed by atoms with van der Waals surface area (Å²) in [7, 11) is 5.49. The Morgan fingerprint density at radius 1 is 1.14 bits per heavy atom. The first-order valence-corrected chi connectivity index (χ1v) is 9.31. The number of amides is 2. The molecule has 150 valence electrons. The number of aromatic nitrogens is 1. The third-order valence-electron chi connectivity index (χ3n) is 4.78. The van der Waals surface area contributed by atoms with Gasteiger partial charge in [-0.05, 0) is 26.2 Å². The van der Waals surface area contributed by atoms with Crippen molar-refractivity contribution in [2.75, 3.05) is 53.9 Å². The van der Waals surface area contributed by atoms with E-state index in [2.05, 4.69) is 5.16 Å². The Labute approximate surface area is 164 Å². The molecule has 1 aromatic carbocycles. The number of ether oxygens (including phenoxy) is 1. The summed E-state index contributed by atoms with van der Waals surface area (Å²) in [5.74, 6) is 1.16. The highest BCUT2D eigenvalue weighted by Crippen LogP contribution is 2.25. The summed E-state index contributed by atoms with van der Waals surface area (Å²) in [4.78, 5) is 30.5. The normalized spacial score (nSPS) is 14.4. The number of nitrogens with zero attached hydrogens (tertiary/aromatic N) is 4. The molecule has 28 heavy (non-hydrogen) atoms. The smallest absolute Gasteiger partial charge is 0.276 e. The molecule has 0 unspecified atom stereocenters. The molecule has 2 aromatic rings. The molecule has 2 amide bonds. The monoisotopic (exact) mass is 386 g/mol. The van der Waals surface area contributed by atoms with E-state index >= 15 is 0 Å². The van der Waals surface area contributed by atoms with Gasteiger partial charge in [0.1, 0.15) is 5.75 Å². The van der Waals surface area contributed by atoms with Crippen molar-refractivity contribution in [1.82, 2.24) is 19.9 Å². The molecule has 8 nitrogen and oxygen atoms in total. The summed E-state index contributed by atoms with van der Waals surface area (Å²) in [6.07, 6.45) is 0.494. The Balaban J connectivity index is 1.58. The molecule has 0 saturated carbocycles. The molecule has 3 rings (SSSR count). The molecule has 0 spiro atoms. The van der Waals surface area contributed by atoms with Crippen LogP contribution >= 0.6 is 0 Å². The maximum atomic E-state index is 12.7. The van der Waals surface area contributed by atoms with E-state index in [1.807, 2.05) is 48.2 Å². The van der Waals surface area contributed by atoms with Gasteiger partial charge in [0.25, 0.3) is 5.91 Å². The molecule has 1 aliphatic rings. The molecule has 0 atom stereocenters. The fourth-order valence-corrected chi connectivity index (χ4v) is 3.09. The molecule has 0 radical (unpaired) electrons. The van der Waals surface area contributed by atoms with Crippen molar-refractivity contribution >= 4 is 11.8 Å². The van der Waals surface area contributed by atoms with Crippen LogP contribution in [0.5, 0.6) is 5.75 Å². The van der Waals surface area contributed by atoms with E-state index in [4.69, 9.17) is 9.26 Å². The van der Waals surface area contributed by atoms with Gasteiger partial charge >= 0.3 is 0 Å². The highest BCUT2D eigenvalue weighted by atomic mass is 16.5. The third-order valence-corrected chi connectivity index (χ3v) is 4.78. The number of hydrogen-bond donors (Lipinski definition) is 0. The fourth-order valence-electron chi connectivity index (χ4n) is 3.09. The lowest BCUT2D eigenvalue weighted by molar-refractivity contribution is -0.132. The van der Waals surface area contributed by atoms with Gasteiger partial charge in [0.15, 0.2) is 11.5 Å². The lowest BCUT2D eigenvalue weighted by Gasteiger charge is -2.34. The van der Waals surface area contributed by atoms with Crippen LogP contribution in [0.4, 0.5) is 0 Å². The average Bonchev–Trinajstić information content (AvgIpc) is 3.22. The molecule has 1 saturated heterocycles. The second kappa shape index (κ2) is 8.88. The number of methoxy groups -OCH3 is 1. The number of benzene rings is 1. The van der Waals surface area contributed by atoms with Crippen LogP contribution < -0.4 is 4.74 Å². The highest BCUT2D eigenvalue weighted by molar-refractivity contribution is 5.93. The lowest BCUT2D eigenvalue weighted by atomic mass is 10.1. The van der Waals surface area contributed by atoms with Crippen molar-refractivity contribution in [2.24, 2.45) is 0 Å². The second-order valence-corrected chi connectivity index (χ2v) is 7.03. The Kier molecular flexibility index (Phi) is 6.30. The van der Waals surface area contributed by atoms with Crippen molar-refractivity contribution in [3.8, 4) is 17.1 Å². The molecule has 1 aromatic heterocycles. The van der Waals surface area contributed by atoms with Crippen molar-refractivity contribution in [3.63, 3.8) is 0 Å². The first kappa shape index (κ1) is 19.9. The van der Waals surface area contributed by atoms with E-state index in [9.17, 15) is 9.59 Å². The largest absolute Gasteiger partial charge is 0.497 e. The molecule has 0 N–H and O–H groups in total. The molecule has 0 bridgehead atoms. The predicted molar refractivity (Wildman–Crippen MR) is 104 cm³/mol. The second-order valence-electron chi connectivity index (χ2n) is 7.03. The van der Waals surface area contributed by atoms with Gasteiger partial charge in [0, 0.05) is 50.8 Å². The van der Waals surface area contributed by atoms with Crippen LogP contribution in [0.1, 0.15) is 16.9 Å². The van der Waals surface area contributed by atoms with Crippen molar-refractivity contribution in [1.29, 1.82) is 0 Å². The third kappa shape index (κ3) is 4.69. The van der Waals surface area contributed by atoms with Crippen LogP contribution in [0.25, 0.3) is 11.3 Å². The average molecular weight is 386 g/mol. The summed E-state index contributed by atoms with van der Waals surface area (Å²) in [6, 6.07) is 9.03. The van der Waals surface area contributed by atoms with Crippen LogP contribution in [0.15, 0.2) is 34.9 Å². The number of piperazine rings is 1. The maximum Gasteiger partial charge on any atom is 0.276 e. The minimum absolute atomic E-state index is 0.127. The standard InChI is InChI=1S/C20H26N4O4/c1-22(2)8-7-19(25)23-9-11-24(12-10-23)20(26)17-14-18(28-21-17)15-5-4-6-16(13-15)27-3/h4-6,13-14H,7-12H2,1-3H3. The first-order chi connectivity index (χ1) is 13.5. The zero-order valence-electron chi connectivity index (χ0n) is 16.6. The van der Waals surface area contributed by atoms with Crippen LogP contribution in [0.2, 0.25) is 0 Å². The first-order valence-electron chi connectivity index (χ1n) is 9.31. The highest BCUT2D eigenvalue weighted by Gasteiger charge is 2.26. The van der Waals surface area contributed by atoms with E-state index in [0.717, 1.165) is 12.1 Å². The van der Waals surface area contributed by atoms with E-state index in [-0.39, 0.29) is 17.5 Å². The summed E-state index contributed by atoms with van der Waals surface area (Å²) in [6.45, 7) is 2.79. The molecule has 1 aliphatic heterocycles. The number of hydrogen-bond acceptors (Lipinski definition) is 6. The van der Waals surface area contributed by atoms with Gasteiger partial charge in [0.05, 0.1) is 7.11 Å². The summed E-state index contributed by atoms with van der Waals surface area (Å²) >= 11 is 0. The minimum atomic E-state index is -0.182. The minimum Gasteiger partial charge on any atom is -0.497 e. The molecular weight excluding hydrogens is 360 g/mol. The van der Waals surface area contributed by atoms with Crippen molar-refractivity contribution in [2.45, 2.75) is 6.42 Å². The number of carbonyl (C=O) groups is 2. The van der Waals surface area contributed by atoms with Gasteiger partial charge < -0.3 is 24.0 Å². The number of rotatable bonds is 6. The fraction of sp³-hybridized carbons (Fsp3) is 0.450. The molecule has 2 heterocycles. The summed E-state index contributed by atoms with van der Waals surface area (Å²) in [5, 5.41) is 3.93. The van der Waals surface area contributed by atoms with E-state index in [1.54, 1.807) is 18.1 Å². The van der Waals surface area contributed by atoms with E-state index < -0.39 is 0 Å². The maximum absolute atomic E-state index is 12.7. The zero-order chi connectivity index (χ0) is 20.1. The molecule has 1 fully saturated rings. The van der Waals surface area contributed by atoms with Gasteiger partial charge in [-0.15, -0.1) is 0 Å². The van der Waals surface area contributed by atoms with Gasteiger partial charge in [-0.25, -0.2) is 0 Å². The zero-order valence-corrected chi connectivity index (χ0v) is 16.6. The van der Waals surface area contributed by atoms with Gasteiger partial charge in [-0.3, -0.25) is 9.59 Å². The Morgan fingerprint density at radius 3 is 2.54 bits per heavy atom. The quantitative estimate of drug-likeness (QED) is 0.750. The number of carbonyl (C=O) groups excluding carboxylic acids is 2. The van der Waals surface area contributed by atoms with E-state index in [1.165, 1.54) is 0 Å². The molecule has 8 heteroatoms. The van der Waals surface area contributed by atoms with Crippen LogP contribution in [0.3, 0.4) is 0 Å². The van der Waals surface area contributed by atoms with Gasteiger partial charge in [-0.1, -0.05) is 17.3 Å². The van der Waals surface area contributed by atoms with Crippen molar-refractivity contribution < 1.29 is 18.8 Å². The molecule has 0 aliphatic carbocycles. The lowest BCUT2D eigenvalue weighted by Crippen LogP contribution is -2.51. The summed E-state index contributed by atoms with van der Waals surface area (Å²) in [5.41, 5.74) is 1.06. The SMILES string of the molecule is COc1cccc(-c2cc(C(=O)N3CCN(C(=O)CCN(C)C)CC3)no2)c1. The summed E-state index contributed by atoms with van der Waals surface area (Å²) < 4.78 is 10.6. The van der Waals surface area contributed by atoms with E-state index in [0.29, 0.717) is 44.1 Å². The topological polar surface area (TPSA) is 79.1 Å². The van der Waals surface area contributed by atoms with Crippen LogP contribution in [0, 0.1) is 0 Å². The Hall–Kier alpha value is -2.87. The Morgan fingerprint density at radius 2 is 1.86 bits per heavy atom. The van der Waals surface area contributed by atoms with Gasteiger partial charge in [-0.2, -0.15) is 0 Å². The van der Waals surface area contributed by atoms with Crippen LogP contribution in [-0.4, -0.2) is 85.6 Å². The Bertz CT molecular complexity index is 825. The van der Waals surface area contributed by atoms with Crippen LogP contribution in [-0.2, 0) is 4.79 Å². The van der Waals surface area contributed by atoms with Crippen molar-refractivity contribution in [3.05, 3.63) is 36.0 Å². The van der Waals surface area contributed by atoms with Gasteiger partial charge in [0.2, 0.25) is 5.91 Å². The predicted octanol–water partition coefficient (Wildman–Crippen LogP) is 1.59.